The first-order chi connectivity index (χ1) is 9.38. The lowest BCUT2D eigenvalue weighted by Crippen LogP contribution is -2.26. The topological polar surface area (TPSA) is 28.2 Å². The third kappa shape index (κ3) is 5.51. The van der Waals surface area contributed by atoms with E-state index < -0.39 is 0 Å². The molecular formula is C15H25N3S. The smallest absolute Gasteiger partial charge is 0.0547 e. The van der Waals surface area contributed by atoms with Crippen LogP contribution in [0.4, 0.5) is 0 Å². The Morgan fingerprint density at radius 3 is 3.05 bits per heavy atom. The lowest BCUT2D eigenvalue weighted by atomic mass is 10.2. The zero-order chi connectivity index (χ0) is 13.3. The molecule has 1 saturated heterocycles. The van der Waals surface area contributed by atoms with Crippen LogP contribution in [0.1, 0.15) is 31.2 Å². The summed E-state index contributed by atoms with van der Waals surface area (Å²) in [5.41, 5.74) is 2.37. The molecule has 0 aliphatic carbocycles. The van der Waals surface area contributed by atoms with Gasteiger partial charge in [0.05, 0.1) is 11.4 Å². The van der Waals surface area contributed by atoms with Crippen molar-refractivity contribution in [3.63, 3.8) is 0 Å². The summed E-state index contributed by atoms with van der Waals surface area (Å²) in [6, 6.07) is 6.41. The maximum atomic E-state index is 4.76. The number of nitrogens with one attached hydrogen (secondary N) is 1. The highest BCUT2D eigenvalue weighted by Gasteiger charge is 2.10. The fraction of sp³-hybridized carbons (Fsp3) is 0.667. The minimum atomic E-state index is 0.886. The van der Waals surface area contributed by atoms with Gasteiger partial charge in [-0.1, -0.05) is 13.0 Å². The molecule has 2 rings (SSSR count). The molecule has 0 atom stereocenters. The monoisotopic (exact) mass is 279 g/mol. The van der Waals surface area contributed by atoms with Gasteiger partial charge in [-0.25, -0.2) is 0 Å². The molecule has 0 saturated carbocycles. The highest BCUT2D eigenvalue weighted by molar-refractivity contribution is 7.99. The summed E-state index contributed by atoms with van der Waals surface area (Å²) in [6.45, 7) is 7.56. The molecule has 0 spiro atoms. The molecule has 1 aliphatic heterocycles. The predicted octanol–water partition coefficient (Wildman–Crippen LogP) is 2.52. The van der Waals surface area contributed by atoms with Gasteiger partial charge in [-0.2, -0.15) is 11.8 Å². The molecule has 3 nitrogen and oxygen atoms in total. The molecule has 4 heteroatoms. The average molecular weight is 279 g/mol. The predicted molar refractivity (Wildman–Crippen MR) is 83.5 cm³/mol. The number of hydrogen-bond acceptors (Lipinski definition) is 4. The van der Waals surface area contributed by atoms with E-state index in [9.17, 15) is 0 Å². The Bertz CT molecular complexity index is 362. The summed E-state index contributed by atoms with van der Waals surface area (Å²) in [4.78, 5) is 7.29. The van der Waals surface area contributed by atoms with Crippen molar-refractivity contribution in [2.24, 2.45) is 0 Å². The Hall–Kier alpha value is -0.580. The van der Waals surface area contributed by atoms with Crippen LogP contribution in [0.25, 0.3) is 0 Å². The minimum absolute atomic E-state index is 0.886. The van der Waals surface area contributed by atoms with Crippen LogP contribution in [0, 0.1) is 0 Å². The first kappa shape index (κ1) is 14.8. The summed E-state index contributed by atoms with van der Waals surface area (Å²) in [5.74, 6) is 2.57. The number of hydrogen-bond donors (Lipinski definition) is 1. The molecule has 1 aromatic heterocycles. The van der Waals surface area contributed by atoms with Gasteiger partial charge < -0.3 is 5.32 Å². The van der Waals surface area contributed by atoms with E-state index in [0.29, 0.717) is 0 Å². The Balaban J connectivity index is 1.86. The molecule has 0 aromatic carbocycles. The van der Waals surface area contributed by atoms with E-state index in [2.05, 4.69) is 47.1 Å². The van der Waals surface area contributed by atoms with E-state index in [4.69, 9.17) is 4.98 Å². The number of pyridine rings is 1. The van der Waals surface area contributed by atoms with Crippen LogP contribution in [-0.4, -0.2) is 41.0 Å². The highest BCUT2D eigenvalue weighted by Crippen LogP contribution is 2.12. The quantitative estimate of drug-likeness (QED) is 0.810. The third-order valence-electron chi connectivity index (χ3n) is 3.30. The van der Waals surface area contributed by atoms with Gasteiger partial charge in [0.1, 0.15) is 0 Å². The van der Waals surface area contributed by atoms with Crippen molar-refractivity contribution in [3.05, 3.63) is 29.6 Å². The maximum absolute atomic E-state index is 4.76. The lowest BCUT2D eigenvalue weighted by Gasteiger charge is -2.19. The molecule has 0 radical (unpaired) electrons. The molecule has 1 aliphatic rings. The van der Waals surface area contributed by atoms with Crippen LogP contribution < -0.4 is 5.32 Å². The average Bonchev–Trinajstić information content (AvgIpc) is 2.68. The SMILES string of the molecule is CCCNCc1cccc(CN2CCCSCC2)n1. The maximum Gasteiger partial charge on any atom is 0.0547 e. The van der Waals surface area contributed by atoms with Gasteiger partial charge in [0.15, 0.2) is 0 Å². The Morgan fingerprint density at radius 1 is 1.26 bits per heavy atom. The minimum Gasteiger partial charge on any atom is -0.311 e. The zero-order valence-electron chi connectivity index (χ0n) is 11.9. The van der Waals surface area contributed by atoms with E-state index in [1.807, 2.05) is 0 Å². The van der Waals surface area contributed by atoms with Gasteiger partial charge in [-0.3, -0.25) is 9.88 Å². The van der Waals surface area contributed by atoms with Crippen molar-refractivity contribution in [1.29, 1.82) is 0 Å². The Morgan fingerprint density at radius 2 is 2.16 bits per heavy atom. The first-order valence-electron chi connectivity index (χ1n) is 7.34. The number of rotatable bonds is 6. The summed E-state index contributed by atoms with van der Waals surface area (Å²) in [5, 5.41) is 3.41. The van der Waals surface area contributed by atoms with Crippen LogP contribution in [-0.2, 0) is 13.1 Å². The van der Waals surface area contributed by atoms with Gasteiger partial charge in [0.25, 0.3) is 0 Å². The highest BCUT2D eigenvalue weighted by atomic mass is 32.2. The van der Waals surface area contributed by atoms with Gasteiger partial charge in [0, 0.05) is 25.4 Å². The van der Waals surface area contributed by atoms with Gasteiger partial charge in [-0.15, -0.1) is 0 Å². The second-order valence-electron chi connectivity index (χ2n) is 5.04. The molecule has 1 fully saturated rings. The molecule has 0 amide bonds. The number of thioether (sulfide) groups is 1. The molecule has 106 valence electrons. The van der Waals surface area contributed by atoms with Crippen LogP contribution in [0.2, 0.25) is 0 Å². The molecule has 1 N–H and O–H groups in total. The van der Waals surface area contributed by atoms with E-state index in [0.717, 1.165) is 25.3 Å². The molecule has 0 unspecified atom stereocenters. The fourth-order valence-electron chi connectivity index (χ4n) is 2.29. The van der Waals surface area contributed by atoms with Crippen LogP contribution in [0.5, 0.6) is 0 Å². The second kappa shape index (κ2) is 8.56. The fourth-order valence-corrected chi connectivity index (χ4v) is 3.22. The van der Waals surface area contributed by atoms with E-state index in [-0.39, 0.29) is 0 Å². The lowest BCUT2D eigenvalue weighted by molar-refractivity contribution is 0.284. The van der Waals surface area contributed by atoms with Crippen molar-refractivity contribution < 1.29 is 0 Å². The third-order valence-corrected chi connectivity index (χ3v) is 4.35. The first-order valence-corrected chi connectivity index (χ1v) is 8.49. The largest absolute Gasteiger partial charge is 0.311 e. The van der Waals surface area contributed by atoms with E-state index in [1.54, 1.807) is 0 Å². The van der Waals surface area contributed by atoms with Crippen molar-refractivity contribution in [1.82, 2.24) is 15.2 Å². The van der Waals surface area contributed by atoms with Crippen molar-refractivity contribution in [3.8, 4) is 0 Å². The number of aromatic nitrogens is 1. The standard InChI is InChI=1S/C15H25N3S/c1-2-7-16-12-14-5-3-6-15(17-14)13-18-8-4-10-19-11-9-18/h3,5-6,16H,2,4,7-13H2,1H3. The van der Waals surface area contributed by atoms with E-state index >= 15 is 0 Å². The molecule has 2 heterocycles. The number of nitrogens with zero attached hydrogens (tertiary/aromatic N) is 2. The molecule has 1 aromatic rings. The molecular weight excluding hydrogens is 254 g/mol. The summed E-state index contributed by atoms with van der Waals surface area (Å²) < 4.78 is 0. The van der Waals surface area contributed by atoms with Crippen molar-refractivity contribution in [2.75, 3.05) is 31.1 Å². The normalized spacial score (nSPS) is 17.3. The molecule has 19 heavy (non-hydrogen) atoms. The summed E-state index contributed by atoms with van der Waals surface area (Å²) in [6.07, 6.45) is 2.48. The second-order valence-corrected chi connectivity index (χ2v) is 6.26. The van der Waals surface area contributed by atoms with Crippen LogP contribution >= 0.6 is 11.8 Å². The Labute approximate surface area is 121 Å². The summed E-state index contributed by atoms with van der Waals surface area (Å²) in [7, 11) is 0. The zero-order valence-corrected chi connectivity index (χ0v) is 12.7. The van der Waals surface area contributed by atoms with E-state index in [1.165, 1.54) is 43.1 Å². The van der Waals surface area contributed by atoms with Crippen LogP contribution in [0.15, 0.2) is 18.2 Å². The summed E-state index contributed by atoms with van der Waals surface area (Å²) >= 11 is 2.07. The van der Waals surface area contributed by atoms with Crippen LogP contribution in [0.3, 0.4) is 0 Å². The van der Waals surface area contributed by atoms with Crippen molar-refractivity contribution in [2.45, 2.75) is 32.9 Å². The Kier molecular flexibility index (Phi) is 6.68. The van der Waals surface area contributed by atoms with Crippen molar-refractivity contribution >= 4 is 11.8 Å². The van der Waals surface area contributed by atoms with Gasteiger partial charge in [0.2, 0.25) is 0 Å². The van der Waals surface area contributed by atoms with Gasteiger partial charge in [-0.05, 0) is 43.8 Å². The molecule has 0 bridgehead atoms. The van der Waals surface area contributed by atoms with Gasteiger partial charge >= 0.3 is 0 Å².